The highest BCUT2D eigenvalue weighted by Gasteiger charge is 2.39. The number of amides is 2. The van der Waals surface area contributed by atoms with Gasteiger partial charge in [-0.3, -0.25) is 9.59 Å². The summed E-state index contributed by atoms with van der Waals surface area (Å²) in [7, 11) is 1.68. The van der Waals surface area contributed by atoms with Gasteiger partial charge in [-0.2, -0.15) is 0 Å². The van der Waals surface area contributed by atoms with E-state index in [1.54, 1.807) is 17.6 Å². The predicted octanol–water partition coefficient (Wildman–Crippen LogP) is 3.74. The maximum Gasteiger partial charge on any atom is 0.245 e. The van der Waals surface area contributed by atoms with Gasteiger partial charge in [0, 0.05) is 19.6 Å². The molecule has 160 valence electrons. The van der Waals surface area contributed by atoms with Crippen LogP contribution in [0, 0.1) is 5.92 Å². The number of likely N-dealkylation sites (tertiary alicyclic amines) is 1. The molecule has 0 spiro atoms. The number of carbonyl (C=O) groups is 2. The molecule has 1 aromatic carbocycles. The Hall–Kier alpha value is -2.56. The second-order valence-electron chi connectivity index (χ2n) is 8.66. The van der Waals surface area contributed by atoms with E-state index in [0.717, 1.165) is 38.0 Å². The third-order valence-corrected chi connectivity index (χ3v) is 6.96. The number of hydrogen-bond donors (Lipinski definition) is 0. The van der Waals surface area contributed by atoms with Gasteiger partial charge in [0.15, 0.2) is 0 Å². The van der Waals surface area contributed by atoms with E-state index in [-0.39, 0.29) is 23.8 Å². The molecule has 5 heteroatoms. The van der Waals surface area contributed by atoms with E-state index in [2.05, 4.69) is 23.6 Å². The topological polar surface area (TPSA) is 49.9 Å². The lowest BCUT2D eigenvalue weighted by atomic mass is 9.80. The summed E-state index contributed by atoms with van der Waals surface area (Å²) in [6, 6.07) is 8.35. The Bertz CT molecular complexity index is 842. The molecule has 3 aliphatic rings. The zero-order chi connectivity index (χ0) is 21.1. The number of carbonyl (C=O) groups excluding carboxylic acids is 2. The zero-order valence-electron chi connectivity index (χ0n) is 17.9. The van der Waals surface area contributed by atoms with E-state index >= 15 is 0 Å². The molecule has 0 radical (unpaired) electrons. The molecule has 2 atom stereocenters. The minimum absolute atomic E-state index is 0.0731. The Morgan fingerprint density at radius 2 is 1.90 bits per heavy atom. The number of hydrogen-bond acceptors (Lipinski definition) is 3. The van der Waals surface area contributed by atoms with Crippen molar-refractivity contribution in [1.82, 2.24) is 9.80 Å². The number of nitrogens with zero attached hydrogens (tertiary/aromatic N) is 2. The van der Waals surface area contributed by atoms with Crippen LogP contribution in [-0.2, 0) is 16.0 Å². The fourth-order valence-electron chi connectivity index (χ4n) is 5.29. The molecule has 1 saturated heterocycles. The minimum atomic E-state index is -0.0991. The van der Waals surface area contributed by atoms with Gasteiger partial charge in [0.1, 0.15) is 5.75 Å². The summed E-state index contributed by atoms with van der Waals surface area (Å²) in [5.74, 6) is 0.893. The highest BCUT2D eigenvalue weighted by atomic mass is 16.5. The first kappa shape index (κ1) is 20.7. The lowest BCUT2D eigenvalue weighted by Gasteiger charge is -2.42. The average Bonchev–Trinajstić information content (AvgIpc) is 3.29. The van der Waals surface area contributed by atoms with Crippen molar-refractivity contribution in [3.8, 4) is 5.75 Å². The SMILES string of the molecule is C=CC(=O)N1CC[C@@H](C(=O)N2CCC3=C(CCCC3)C2Cc2ccc(OC)cc2)C1. The normalized spacial score (nSPS) is 23.9. The van der Waals surface area contributed by atoms with Crippen LogP contribution < -0.4 is 4.74 Å². The summed E-state index contributed by atoms with van der Waals surface area (Å²) >= 11 is 0. The fourth-order valence-corrected chi connectivity index (χ4v) is 5.29. The molecule has 0 N–H and O–H groups in total. The summed E-state index contributed by atoms with van der Waals surface area (Å²) in [6.45, 7) is 5.54. The number of methoxy groups -OCH3 is 1. The Kier molecular flexibility index (Phi) is 6.26. The van der Waals surface area contributed by atoms with Gasteiger partial charge in [-0.15, -0.1) is 0 Å². The molecule has 0 saturated carbocycles. The van der Waals surface area contributed by atoms with E-state index in [0.29, 0.717) is 13.1 Å². The maximum atomic E-state index is 13.6. The van der Waals surface area contributed by atoms with Crippen LogP contribution in [0.1, 0.15) is 44.1 Å². The van der Waals surface area contributed by atoms with Crippen LogP contribution in [0.3, 0.4) is 0 Å². The molecule has 1 fully saturated rings. The van der Waals surface area contributed by atoms with Crippen LogP contribution in [-0.4, -0.2) is 54.4 Å². The predicted molar refractivity (Wildman–Crippen MR) is 117 cm³/mol. The Morgan fingerprint density at radius 3 is 2.63 bits per heavy atom. The zero-order valence-corrected chi connectivity index (χ0v) is 17.9. The summed E-state index contributed by atoms with van der Waals surface area (Å²) in [6.07, 6.45) is 8.70. The van der Waals surface area contributed by atoms with Crippen LogP contribution in [0.15, 0.2) is 48.1 Å². The Morgan fingerprint density at radius 1 is 1.13 bits per heavy atom. The van der Waals surface area contributed by atoms with Crippen molar-refractivity contribution in [2.45, 2.75) is 51.0 Å². The van der Waals surface area contributed by atoms with Gasteiger partial charge in [0.2, 0.25) is 11.8 Å². The Labute approximate surface area is 179 Å². The van der Waals surface area contributed by atoms with E-state index in [1.807, 2.05) is 12.1 Å². The first-order chi connectivity index (χ1) is 14.6. The highest BCUT2D eigenvalue weighted by Crippen LogP contribution is 2.37. The van der Waals surface area contributed by atoms with Crippen LogP contribution >= 0.6 is 0 Å². The fraction of sp³-hybridized carbons (Fsp3) is 0.520. The molecule has 0 aromatic heterocycles. The molecule has 2 amide bonds. The maximum absolute atomic E-state index is 13.6. The van der Waals surface area contributed by atoms with Crippen LogP contribution in [0.4, 0.5) is 0 Å². The third kappa shape index (κ3) is 4.16. The van der Waals surface area contributed by atoms with Gasteiger partial charge in [0.05, 0.1) is 19.1 Å². The van der Waals surface area contributed by atoms with Crippen molar-refractivity contribution in [3.05, 3.63) is 53.6 Å². The lowest BCUT2D eigenvalue weighted by Crippen LogP contribution is -2.49. The summed E-state index contributed by atoms with van der Waals surface area (Å²) < 4.78 is 5.30. The first-order valence-electron chi connectivity index (χ1n) is 11.2. The number of ether oxygens (including phenoxy) is 1. The van der Waals surface area contributed by atoms with Crippen LogP contribution in [0.2, 0.25) is 0 Å². The lowest BCUT2D eigenvalue weighted by molar-refractivity contribution is -0.137. The summed E-state index contributed by atoms with van der Waals surface area (Å²) in [5, 5.41) is 0. The van der Waals surface area contributed by atoms with Crippen molar-refractivity contribution in [2.24, 2.45) is 5.92 Å². The molecule has 0 bridgehead atoms. The standard InChI is InChI=1S/C25H32N2O3/c1-3-24(28)26-14-12-20(17-26)25(29)27-15-13-19-6-4-5-7-22(19)23(27)16-18-8-10-21(30-2)11-9-18/h3,8-11,20,23H,1,4-7,12-17H2,2H3/t20-,23?/m1/s1. The van der Waals surface area contributed by atoms with E-state index in [4.69, 9.17) is 4.74 Å². The van der Waals surface area contributed by atoms with Gasteiger partial charge >= 0.3 is 0 Å². The molecular formula is C25H32N2O3. The first-order valence-corrected chi connectivity index (χ1v) is 11.2. The van der Waals surface area contributed by atoms with Crippen molar-refractivity contribution < 1.29 is 14.3 Å². The molecule has 1 aliphatic carbocycles. The van der Waals surface area contributed by atoms with Gasteiger partial charge in [-0.05, 0) is 74.3 Å². The third-order valence-electron chi connectivity index (χ3n) is 6.96. The highest BCUT2D eigenvalue weighted by molar-refractivity contribution is 5.88. The van der Waals surface area contributed by atoms with Crippen molar-refractivity contribution in [2.75, 3.05) is 26.7 Å². The molecule has 1 aromatic rings. The monoisotopic (exact) mass is 408 g/mol. The molecule has 2 aliphatic heterocycles. The molecule has 4 rings (SSSR count). The Balaban J connectivity index is 1.55. The van der Waals surface area contributed by atoms with Crippen molar-refractivity contribution >= 4 is 11.8 Å². The van der Waals surface area contributed by atoms with Gasteiger partial charge < -0.3 is 14.5 Å². The van der Waals surface area contributed by atoms with E-state index in [9.17, 15) is 9.59 Å². The quantitative estimate of drug-likeness (QED) is 0.551. The number of benzene rings is 1. The van der Waals surface area contributed by atoms with Crippen molar-refractivity contribution in [3.63, 3.8) is 0 Å². The van der Waals surface area contributed by atoms with Gasteiger partial charge in [0.25, 0.3) is 0 Å². The van der Waals surface area contributed by atoms with Gasteiger partial charge in [-0.25, -0.2) is 0 Å². The van der Waals surface area contributed by atoms with E-state index in [1.165, 1.54) is 36.5 Å². The minimum Gasteiger partial charge on any atom is -0.497 e. The second-order valence-corrected chi connectivity index (χ2v) is 8.66. The molecule has 30 heavy (non-hydrogen) atoms. The van der Waals surface area contributed by atoms with Crippen LogP contribution in [0.25, 0.3) is 0 Å². The molecular weight excluding hydrogens is 376 g/mol. The smallest absolute Gasteiger partial charge is 0.245 e. The molecule has 1 unspecified atom stereocenters. The summed E-state index contributed by atoms with van der Waals surface area (Å²) in [4.78, 5) is 29.4. The number of rotatable bonds is 5. The second kappa shape index (κ2) is 9.07. The molecule has 5 nitrogen and oxygen atoms in total. The van der Waals surface area contributed by atoms with E-state index < -0.39 is 0 Å². The average molecular weight is 409 g/mol. The van der Waals surface area contributed by atoms with Crippen molar-refractivity contribution in [1.29, 1.82) is 0 Å². The van der Waals surface area contributed by atoms with Gasteiger partial charge in [-0.1, -0.05) is 24.3 Å². The summed E-state index contributed by atoms with van der Waals surface area (Å²) in [5.41, 5.74) is 4.31. The largest absolute Gasteiger partial charge is 0.497 e. The molecule has 2 heterocycles. The van der Waals surface area contributed by atoms with Crippen LogP contribution in [0.5, 0.6) is 5.75 Å².